The maximum absolute atomic E-state index is 13.8. The van der Waals surface area contributed by atoms with Crippen LogP contribution in [0.5, 0.6) is 11.5 Å². The number of amides is 1. The van der Waals surface area contributed by atoms with Gasteiger partial charge in [-0.15, -0.1) is 0 Å². The van der Waals surface area contributed by atoms with Crippen molar-refractivity contribution in [1.29, 1.82) is 0 Å². The Morgan fingerprint density at radius 2 is 1.97 bits per heavy atom. The van der Waals surface area contributed by atoms with Gasteiger partial charge in [0.2, 0.25) is 11.9 Å². The largest absolute Gasteiger partial charge is 0.493 e. The van der Waals surface area contributed by atoms with Crippen molar-refractivity contribution in [2.45, 2.75) is 25.8 Å². The second-order valence-corrected chi connectivity index (χ2v) is 7.81. The van der Waals surface area contributed by atoms with Gasteiger partial charge in [0.15, 0.2) is 23.2 Å². The molecule has 4 rings (SSSR count). The van der Waals surface area contributed by atoms with Crippen molar-refractivity contribution < 1.29 is 23.0 Å². The fourth-order valence-corrected chi connectivity index (χ4v) is 3.95. The van der Waals surface area contributed by atoms with Gasteiger partial charge in [-0.2, -0.15) is 4.98 Å². The summed E-state index contributed by atoms with van der Waals surface area (Å²) in [6.07, 6.45) is 3.34. The van der Waals surface area contributed by atoms with Gasteiger partial charge < -0.3 is 24.6 Å². The molecule has 10 heteroatoms. The number of halogens is 2. The van der Waals surface area contributed by atoms with E-state index in [9.17, 15) is 13.6 Å². The molecule has 2 aromatic rings. The van der Waals surface area contributed by atoms with Crippen LogP contribution in [-0.4, -0.2) is 55.8 Å². The van der Waals surface area contributed by atoms with Crippen LogP contribution in [0.1, 0.15) is 19.8 Å². The molecule has 8 nitrogen and oxygen atoms in total. The molecule has 2 aliphatic rings. The monoisotopic (exact) mass is 433 g/mol. The van der Waals surface area contributed by atoms with Gasteiger partial charge in [0, 0.05) is 31.8 Å². The van der Waals surface area contributed by atoms with Crippen LogP contribution >= 0.6 is 0 Å². The SMILES string of the molecule is CCN1C(=O)CN(C)c2nc(NC3CC(COc4cc(F)c(OC)c(F)c4)C3)ncc21. The molecule has 0 bridgehead atoms. The minimum Gasteiger partial charge on any atom is -0.493 e. The first-order valence-corrected chi connectivity index (χ1v) is 10.2. The number of anilines is 3. The highest BCUT2D eigenvalue weighted by Crippen LogP contribution is 2.34. The highest BCUT2D eigenvalue weighted by molar-refractivity contribution is 6.02. The number of rotatable bonds is 7. The minimum atomic E-state index is -0.788. The van der Waals surface area contributed by atoms with E-state index < -0.39 is 17.4 Å². The van der Waals surface area contributed by atoms with E-state index in [1.807, 2.05) is 18.9 Å². The molecule has 1 aromatic carbocycles. The quantitative estimate of drug-likeness (QED) is 0.719. The van der Waals surface area contributed by atoms with Crippen molar-refractivity contribution in [1.82, 2.24) is 9.97 Å². The molecule has 0 saturated heterocycles. The van der Waals surface area contributed by atoms with Crippen molar-refractivity contribution in [3.63, 3.8) is 0 Å². The third-order valence-corrected chi connectivity index (χ3v) is 5.62. The Kier molecular flexibility index (Phi) is 5.79. The average molecular weight is 433 g/mol. The molecule has 0 spiro atoms. The maximum atomic E-state index is 13.8. The van der Waals surface area contributed by atoms with Crippen LogP contribution in [0.4, 0.5) is 26.2 Å². The summed E-state index contributed by atoms with van der Waals surface area (Å²) < 4.78 is 37.7. The van der Waals surface area contributed by atoms with Gasteiger partial charge in [-0.05, 0) is 25.7 Å². The first-order chi connectivity index (χ1) is 14.9. The topological polar surface area (TPSA) is 79.8 Å². The number of methoxy groups -OCH3 is 1. The van der Waals surface area contributed by atoms with Gasteiger partial charge in [-0.25, -0.2) is 13.8 Å². The predicted octanol–water partition coefficient (Wildman–Crippen LogP) is 2.84. The molecule has 1 aromatic heterocycles. The van der Waals surface area contributed by atoms with Gasteiger partial charge in [0.25, 0.3) is 0 Å². The molecule has 1 saturated carbocycles. The van der Waals surface area contributed by atoms with Crippen molar-refractivity contribution in [3.05, 3.63) is 30.0 Å². The average Bonchev–Trinajstić information content (AvgIpc) is 2.70. The van der Waals surface area contributed by atoms with Crippen molar-refractivity contribution in [3.8, 4) is 11.5 Å². The summed E-state index contributed by atoms with van der Waals surface area (Å²) in [6.45, 7) is 3.14. The van der Waals surface area contributed by atoms with Crippen LogP contribution in [0.2, 0.25) is 0 Å². The normalized spacial score (nSPS) is 20.2. The fourth-order valence-electron chi connectivity index (χ4n) is 3.95. The Bertz CT molecular complexity index is 960. The molecule has 166 valence electrons. The zero-order valence-electron chi connectivity index (χ0n) is 17.7. The number of nitrogens with one attached hydrogen (secondary N) is 1. The lowest BCUT2D eigenvalue weighted by Gasteiger charge is -2.36. The van der Waals surface area contributed by atoms with E-state index in [-0.39, 0.29) is 30.2 Å². The van der Waals surface area contributed by atoms with Gasteiger partial charge in [-0.1, -0.05) is 0 Å². The molecule has 1 aliphatic heterocycles. The summed E-state index contributed by atoms with van der Waals surface area (Å²) >= 11 is 0. The van der Waals surface area contributed by atoms with E-state index in [4.69, 9.17) is 4.74 Å². The summed E-state index contributed by atoms with van der Waals surface area (Å²) in [5.41, 5.74) is 0.714. The van der Waals surface area contributed by atoms with Crippen molar-refractivity contribution in [2.24, 2.45) is 5.92 Å². The number of benzene rings is 1. The summed E-state index contributed by atoms with van der Waals surface area (Å²) in [5, 5.41) is 3.31. The van der Waals surface area contributed by atoms with Crippen LogP contribution < -0.4 is 24.6 Å². The highest BCUT2D eigenvalue weighted by atomic mass is 19.1. The van der Waals surface area contributed by atoms with E-state index >= 15 is 0 Å². The number of carbonyl (C=O) groups excluding carboxylic acids is 1. The van der Waals surface area contributed by atoms with Crippen LogP contribution in [0, 0.1) is 17.6 Å². The zero-order valence-corrected chi connectivity index (χ0v) is 17.7. The van der Waals surface area contributed by atoms with E-state index in [1.165, 1.54) is 7.11 Å². The predicted molar refractivity (Wildman–Crippen MR) is 112 cm³/mol. The molecule has 1 aliphatic carbocycles. The Hall–Kier alpha value is -3.17. The van der Waals surface area contributed by atoms with Crippen LogP contribution in [0.3, 0.4) is 0 Å². The molecular weight excluding hydrogens is 408 g/mol. The number of hydrogen-bond donors (Lipinski definition) is 1. The first kappa shape index (κ1) is 21.1. The first-order valence-electron chi connectivity index (χ1n) is 10.2. The molecule has 1 N–H and O–H groups in total. The van der Waals surface area contributed by atoms with Crippen molar-refractivity contribution in [2.75, 3.05) is 49.0 Å². The molecular formula is C21H25F2N5O3. The number of nitrogens with zero attached hydrogens (tertiary/aromatic N) is 4. The minimum absolute atomic E-state index is 0.0280. The van der Waals surface area contributed by atoms with Gasteiger partial charge in [0.1, 0.15) is 11.4 Å². The number of hydrogen-bond acceptors (Lipinski definition) is 7. The number of aromatic nitrogens is 2. The van der Waals surface area contributed by atoms with Gasteiger partial charge in [-0.3, -0.25) is 4.79 Å². The van der Waals surface area contributed by atoms with Crippen molar-refractivity contribution >= 4 is 23.4 Å². The maximum Gasteiger partial charge on any atom is 0.246 e. The van der Waals surface area contributed by atoms with E-state index in [2.05, 4.69) is 20.0 Å². The smallest absolute Gasteiger partial charge is 0.246 e. The Balaban J connectivity index is 1.31. The molecule has 1 fully saturated rings. The fraction of sp³-hybridized carbons (Fsp3) is 0.476. The lowest BCUT2D eigenvalue weighted by atomic mass is 9.81. The molecule has 31 heavy (non-hydrogen) atoms. The summed E-state index contributed by atoms with van der Waals surface area (Å²) in [5.74, 6) is -0.321. The van der Waals surface area contributed by atoms with Crippen LogP contribution in [0.15, 0.2) is 18.3 Å². The Morgan fingerprint density at radius 1 is 1.26 bits per heavy atom. The lowest BCUT2D eigenvalue weighted by molar-refractivity contribution is -0.117. The number of carbonyl (C=O) groups is 1. The zero-order chi connectivity index (χ0) is 22.1. The van der Waals surface area contributed by atoms with Crippen LogP contribution in [0.25, 0.3) is 0 Å². The summed E-state index contributed by atoms with van der Waals surface area (Å²) in [4.78, 5) is 24.6. The third kappa shape index (κ3) is 4.19. The van der Waals surface area contributed by atoms with Crippen LogP contribution in [-0.2, 0) is 4.79 Å². The standard InChI is InChI=1S/C21H25F2N5O3/c1-4-28-17-9-24-21(26-20(17)27(2)10-18(28)29)25-13-5-12(6-13)11-31-14-7-15(22)19(30-3)16(23)8-14/h7-9,12-13H,4-6,10-11H2,1-3H3,(H,24,25,26). The second-order valence-electron chi connectivity index (χ2n) is 7.81. The highest BCUT2D eigenvalue weighted by Gasteiger charge is 2.32. The Morgan fingerprint density at radius 3 is 2.61 bits per heavy atom. The second kappa shape index (κ2) is 8.52. The van der Waals surface area contributed by atoms with E-state index in [0.717, 1.165) is 30.8 Å². The van der Waals surface area contributed by atoms with Gasteiger partial charge >= 0.3 is 0 Å². The molecule has 1 amide bonds. The molecule has 2 heterocycles. The Labute approximate surface area is 179 Å². The number of likely N-dealkylation sites (N-methyl/N-ethyl adjacent to an activating group) is 2. The molecule has 0 atom stereocenters. The third-order valence-electron chi connectivity index (χ3n) is 5.62. The van der Waals surface area contributed by atoms with E-state index in [1.54, 1.807) is 11.1 Å². The number of ether oxygens (including phenoxy) is 2. The number of fused-ring (bicyclic) bond motifs is 1. The van der Waals surface area contributed by atoms with Gasteiger partial charge in [0.05, 0.1) is 26.5 Å². The molecule has 0 radical (unpaired) electrons. The molecule has 0 unspecified atom stereocenters. The summed E-state index contributed by atoms with van der Waals surface area (Å²) in [7, 11) is 3.05. The van der Waals surface area contributed by atoms with E-state index in [0.29, 0.717) is 24.8 Å². The lowest BCUT2D eigenvalue weighted by Crippen LogP contribution is -2.45. The summed E-state index contributed by atoms with van der Waals surface area (Å²) in [6, 6.07) is 2.43.